The molecular formula is C7H11ClN2OS. The Morgan fingerprint density at radius 2 is 2.33 bits per heavy atom. The van der Waals surface area contributed by atoms with E-state index in [1.165, 1.54) is 0 Å². The highest BCUT2D eigenvalue weighted by Gasteiger charge is 2.08. The number of hydrogen-bond donors (Lipinski definition) is 3. The summed E-state index contributed by atoms with van der Waals surface area (Å²) >= 11 is 3.86. The van der Waals surface area contributed by atoms with Gasteiger partial charge in [0, 0.05) is 24.0 Å². The third-order valence-electron chi connectivity index (χ3n) is 1.53. The summed E-state index contributed by atoms with van der Waals surface area (Å²) in [6.45, 7) is 2.01. The van der Waals surface area contributed by atoms with Crippen LogP contribution in [0.3, 0.4) is 0 Å². The lowest BCUT2D eigenvalue weighted by molar-refractivity contribution is -0.909. The first-order valence-electron chi connectivity index (χ1n) is 3.43. The van der Waals surface area contributed by atoms with Gasteiger partial charge in [-0.05, 0) is 6.42 Å². The van der Waals surface area contributed by atoms with E-state index in [1.54, 1.807) is 18.5 Å². The summed E-state index contributed by atoms with van der Waals surface area (Å²) in [6.07, 6.45) is 4.23. The van der Waals surface area contributed by atoms with Crippen LogP contribution in [0.1, 0.15) is 12.5 Å². The smallest absolute Gasteiger partial charge is 0.181 e. The van der Waals surface area contributed by atoms with Crippen molar-refractivity contribution in [2.75, 3.05) is 0 Å². The summed E-state index contributed by atoms with van der Waals surface area (Å²) in [7, 11) is 0. The van der Waals surface area contributed by atoms with Crippen molar-refractivity contribution in [3.05, 3.63) is 24.0 Å². The molecule has 12 heavy (non-hydrogen) atoms. The zero-order valence-corrected chi connectivity index (χ0v) is 8.31. The summed E-state index contributed by atoms with van der Waals surface area (Å²) in [4.78, 5) is 3.94. The highest BCUT2D eigenvalue weighted by atomic mass is 35.5. The van der Waals surface area contributed by atoms with Gasteiger partial charge >= 0.3 is 0 Å². The van der Waals surface area contributed by atoms with Crippen LogP contribution < -0.4 is 16.9 Å². The molecule has 1 rings (SSSR count). The lowest BCUT2D eigenvalue weighted by Gasteiger charge is -2.04. The van der Waals surface area contributed by atoms with Gasteiger partial charge < -0.3 is 12.4 Å². The molecule has 0 amide bonds. The fourth-order valence-corrected chi connectivity index (χ4v) is 1.15. The van der Waals surface area contributed by atoms with Gasteiger partial charge in [-0.3, -0.25) is 4.98 Å². The molecule has 0 bridgehead atoms. The fourth-order valence-electron chi connectivity index (χ4n) is 0.927. The Morgan fingerprint density at radius 3 is 2.75 bits per heavy atom. The summed E-state index contributed by atoms with van der Waals surface area (Å²) in [5, 5.41) is 9.09. The minimum Gasteiger partial charge on any atom is -1.00 e. The Balaban J connectivity index is 0.00000121. The Hall–Kier alpha value is -0.290. The van der Waals surface area contributed by atoms with Crippen molar-refractivity contribution in [3.8, 4) is 0 Å². The van der Waals surface area contributed by atoms with Crippen LogP contribution >= 0.6 is 12.8 Å². The predicted molar refractivity (Wildman–Crippen MR) is 45.0 cm³/mol. The quantitative estimate of drug-likeness (QED) is 0.367. The first-order valence-corrected chi connectivity index (χ1v) is 3.88. The molecule has 0 aliphatic carbocycles. The molecule has 0 aliphatic heterocycles. The van der Waals surface area contributed by atoms with Crippen LogP contribution in [0.25, 0.3) is 0 Å². The largest absolute Gasteiger partial charge is 1.00 e. The number of hydrogen-bond acceptors (Lipinski definition) is 3. The number of halogens is 1. The van der Waals surface area contributed by atoms with E-state index in [1.807, 2.05) is 6.92 Å². The van der Waals surface area contributed by atoms with E-state index in [-0.39, 0.29) is 16.9 Å². The molecule has 1 aromatic rings. The van der Waals surface area contributed by atoms with Crippen molar-refractivity contribution in [1.29, 1.82) is 0 Å². The zero-order valence-electron chi connectivity index (χ0n) is 6.66. The number of aryl methyl sites for hydroxylation is 1. The van der Waals surface area contributed by atoms with Crippen molar-refractivity contribution in [2.24, 2.45) is 0 Å². The second kappa shape index (κ2) is 5.37. The van der Waals surface area contributed by atoms with Gasteiger partial charge in [0.1, 0.15) is 0 Å². The molecule has 1 aromatic heterocycles. The van der Waals surface area contributed by atoms with Crippen LogP contribution in [0.2, 0.25) is 0 Å². The van der Waals surface area contributed by atoms with E-state index in [0.717, 1.165) is 17.7 Å². The molecular weight excluding hydrogens is 196 g/mol. The Labute approximate surface area is 83.3 Å². The summed E-state index contributed by atoms with van der Waals surface area (Å²) < 4.78 is 0.0595. The van der Waals surface area contributed by atoms with Crippen molar-refractivity contribution in [1.82, 2.24) is 4.98 Å². The maximum atomic E-state index is 9.09. The van der Waals surface area contributed by atoms with Crippen molar-refractivity contribution < 1.29 is 22.1 Å². The van der Waals surface area contributed by atoms with Crippen molar-refractivity contribution >= 4 is 18.5 Å². The lowest BCUT2D eigenvalue weighted by Crippen LogP contribution is -3.00. The number of pyridine rings is 1. The second-order valence-electron chi connectivity index (χ2n) is 2.21. The van der Waals surface area contributed by atoms with E-state index in [9.17, 15) is 0 Å². The van der Waals surface area contributed by atoms with Gasteiger partial charge in [0.15, 0.2) is 5.69 Å². The monoisotopic (exact) mass is 206 g/mol. The molecule has 1 unspecified atom stereocenters. The van der Waals surface area contributed by atoms with E-state index in [0.29, 0.717) is 0 Å². The number of rotatable bonds is 2. The number of thiol groups is 1. The minimum atomic E-state index is 0. The number of quaternary nitrogens is 1. The number of nitrogens with zero attached hydrogens (tertiary/aromatic N) is 1. The van der Waals surface area contributed by atoms with Crippen LogP contribution in [0.15, 0.2) is 18.5 Å². The molecule has 3 nitrogen and oxygen atoms in total. The summed E-state index contributed by atoms with van der Waals surface area (Å²) in [6, 6.07) is 1.75. The summed E-state index contributed by atoms with van der Waals surface area (Å²) in [5.41, 5.74) is 1.78. The normalized spacial score (nSPS) is 11.9. The van der Waals surface area contributed by atoms with Gasteiger partial charge in [0.2, 0.25) is 0 Å². The first-order chi connectivity index (χ1) is 5.25. The Morgan fingerprint density at radius 1 is 1.67 bits per heavy atom. The van der Waals surface area contributed by atoms with Gasteiger partial charge in [0.25, 0.3) is 0 Å². The molecule has 0 spiro atoms. The molecule has 1 heterocycles. The predicted octanol–water partition coefficient (Wildman–Crippen LogP) is -2.60. The topological polar surface area (TPSA) is 37.6 Å². The number of nitrogens with one attached hydrogen (secondary N) is 1. The van der Waals surface area contributed by atoms with Crippen LogP contribution in [0.5, 0.6) is 0 Å². The average molecular weight is 207 g/mol. The number of aromatic nitrogens is 1. The molecule has 5 heteroatoms. The van der Waals surface area contributed by atoms with Crippen LogP contribution in [-0.4, -0.2) is 10.2 Å². The lowest BCUT2D eigenvalue weighted by atomic mass is 10.2. The molecule has 1 atom stereocenters. The molecule has 0 fully saturated rings. The Kier molecular flexibility index (Phi) is 5.24. The molecule has 0 aromatic carbocycles. The minimum absolute atomic E-state index is 0. The fraction of sp³-hybridized carbons (Fsp3) is 0.286. The molecule has 68 valence electrons. The maximum Gasteiger partial charge on any atom is 0.181 e. The molecule has 2 N–H and O–H groups in total. The van der Waals surface area contributed by atoms with Crippen molar-refractivity contribution in [3.63, 3.8) is 0 Å². The van der Waals surface area contributed by atoms with Crippen molar-refractivity contribution in [2.45, 2.75) is 13.3 Å². The third-order valence-corrected chi connectivity index (χ3v) is 1.77. The summed E-state index contributed by atoms with van der Waals surface area (Å²) in [5.74, 6) is 0. The van der Waals surface area contributed by atoms with Gasteiger partial charge in [-0.25, -0.2) is 5.21 Å². The highest BCUT2D eigenvalue weighted by molar-refractivity contribution is 7.73. The zero-order chi connectivity index (χ0) is 8.27. The second-order valence-corrected chi connectivity index (χ2v) is 2.63. The van der Waals surface area contributed by atoms with Gasteiger partial charge in [0.05, 0.1) is 12.8 Å². The first kappa shape index (κ1) is 11.7. The van der Waals surface area contributed by atoms with Gasteiger partial charge in [-0.15, -0.1) is 4.47 Å². The Bertz CT molecular complexity index is 245. The highest BCUT2D eigenvalue weighted by Crippen LogP contribution is 2.08. The molecule has 0 saturated carbocycles. The van der Waals surface area contributed by atoms with Gasteiger partial charge in [-0.2, -0.15) is 0 Å². The SMILES string of the molecule is CCc1cnccc1[NH+](O)S.[Cl-]. The van der Waals surface area contributed by atoms with E-state index in [4.69, 9.17) is 5.21 Å². The van der Waals surface area contributed by atoms with Crippen LogP contribution in [0, 0.1) is 0 Å². The van der Waals surface area contributed by atoms with E-state index >= 15 is 0 Å². The molecule has 0 aliphatic rings. The van der Waals surface area contributed by atoms with Crippen LogP contribution in [-0.2, 0) is 6.42 Å². The average Bonchev–Trinajstić information content (AvgIpc) is 2.04. The van der Waals surface area contributed by atoms with Gasteiger partial charge in [-0.1, -0.05) is 6.92 Å². The maximum absolute atomic E-state index is 9.09. The van der Waals surface area contributed by atoms with Crippen LogP contribution in [0.4, 0.5) is 5.69 Å². The van der Waals surface area contributed by atoms with E-state index in [2.05, 4.69) is 17.8 Å². The van der Waals surface area contributed by atoms with E-state index < -0.39 is 0 Å². The molecule has 0 saturated heterocycles. The molecule has 0 radical (unpaired) electrons. The third kappa shape index (κ3) is 2.64. The standard InChI is InChI=1S/C7H10N2OS.ClH/c1-2-6-5-8-4-3-7(6)9(10)11;/h3-5,10-11H,2H2,1H3;1H.